The molecule has 0 heterocycles. The highest BCUT2D eigenvalue weighted by Crippen LogP contribution is 2.38. The minimum Gasteiger partial charge on any atom is -0.756 e. The molecule has 8 nitrogen and oxygen atoms in total. The van der Waals surface area contributed by atoms with Crippen LogP contribution < -0.4 is 10.2 Å². The third kappa shape index (κ3) is 77.6. The van der Waals surface area contributed by atoms with Gasteiger partial charge in [0, 0.05) is 6.42 Å². The minimum atomic E-state index is -4.58. The number of nitrogens with zero attached hydrogens (tertiary/aromatic N) is 1. The number of amides is 1. The molecule has 0 spiro atoms. The van der Waals surface area contributed by atoms with Crippen LogP contribution in [0.5, 0.6) is 0 Å². The molecule has 9 heteroatoms. The lowest BCUT2D eigenvalue weighted by Gasteiger charge is -2.30. The van der Waals surface area contributed by atoms with E-state index in [1.165, 1.54) is 327 Å². The van der Waals surface area contributed by atoms with Gasteiger partial charge in [-0.1, -0.05) is 421 Å². The summed E-state index contributed by atoms with van der Waals surface area (Å²) >= 11 is 0. The second-order valence-electron chi connectivity index (χ2n) is 29.8. The summed E-state index contributed by atoms with van der Waals surface area (Å²) in [6.07, 6.45) is 105. The second-order valence-corrected chi connectivity index (χ2v) is 31.2. The lowest BCUT2D eigenvalue weighted by molar-refractivity contribution is -0.870. The zero-order valence-corrected chi connectivity index (χ0v) is 64.6. The first-order valence-electron chi connectivity index (χ1n) is 41.6. The number of nitrogens with one attached hydrogen (secondary N) is 1. The van der Waals surface area contributed by atoms with Gasteiger partial charge in [-0.3, -0.25) is 9.36 Å². The van der Waals surface area contributed by atoms with Crippen LogP contribution in [0.1, 0.15) is 425 Å². The minimum absolute atomic E-state index is 0.0144. The van der Waals surface area contributed by atoms with E-state index in [9.17, 15) is 19.4 Å². The Morgan fingerprint density at radius 3 is 0.947 bits per heavy atom. The van der Waals surface area contributed by atoms with E-state index in [0.29, 0.717) is 23.9 Å². The Hall–Kier alpha value is -1.80. The molecule has 0 aliphatic rings. The number of aliphatic hydroxyl groups excluding tert-OH is 1. The van der Waals surface area contributed by atoms with E-state index in [0.717, 1.165) is 70.6 Å². The molecule has 0 aliphatic heterocycles. The molecule has 0 saturated carbocycles. The lowest BCUT2D eigenvalue weighted by Crippen LogP contribution is -2.46. The smallest absolute Gasteiger partial charge is 0.268 e. The monoisotopic (exact) mass is 1340 g/mol. The normalized spacial score (nSPS) is 13.7. The molecular formula is C85H163N2O6P. The zero-order chi connectivity index (χ0) is 68.3. The summed E-state index contributed by atoms with van der Waals surface area (Å²) in [6, 6.07) is -0.802. The number of hydrogen-bond acceptors (Lipinski definition) is 6. The van der Waals surface area contributed by atoms with Crippen molar-refractivity contribution in [2.45, 2.75) is 437 Å². The molecule has 0 aliphatic carbocycles. The van der Waals surface area contributed by atoms with Crippen LogP contribution in [0.4, 0.5) is 0 Å². The maximum absolute atomic E-state index is 13.1. The quantitative estimate of drug-likeness (QED) is 0.0272. The van der Waals surface area contributed by atoms with E-state index in [1.807, 2.05) is 21.1 Å². The molecule has 0 radical (unpaired) electrons. The fourth-order valence-corrected chi connectivity index (χ4v) is 13.6. The first kappa shape index (κ1) is 92.2. The van der Waals surface area contributed by atoms with Crippen molar-refractivity contribution in [1.29, 1.82) is 0 Å². The van der Waals surface area contributed by atoms with E-state index in [2.05, 4.69) is 79.9 Å². The summed E-state index contributed by atoms with van der Waals surface area (Å²) in [6.45, 7) is 4.67. The molecule has 3 atom stereocenters. The second kappa shape index (κ2) is 75.4. The number of phosphoric ester groups is 1. The summed E-state index contributed by atoms with van der Waals surface area (Å²) in [5.41, 5.74) is 0. The average molecular weight is 1340 g/mol. The van der Waals surface area contributed by atoms with Gasteiger partial charge in [-0.05, 0) is 57.8 Å². The molecule has 1 amide bonds. The van der Waals surface area contributed by atoms with Gasteiger partial charge >= 0.3 is 0 Å². The Balaban J connectivity index is 3.88. The van der Waals surface area contributed by atoms with Crippen molar-refractivity contribution >= 4 is 13.7 Å². The number of hydrogen-bond donors (Lipinski definition) is 2. The Labute approximate surface area is 587 Å². The van der Waals surface area contributed by atoms with Crippen molar-refractivity contribution in [2.75, 3.05) is 40.9 Å². The van der Waals surface area contributed by atoms with E-state index < -0.39 is 20.0 Å². The van der Waals surface area contributed by atoms with Crippen LogP contribution in [-0.2, 0) is 18.4 Å². The largest absolute Gasteiger partial charge is 0.756 e. The van der Waals surface area contributed by atoms with Crippen molar-refractivity contribution in [3.63, 3.8) is 0 Å². The molecule has 0 rings (SSSR count). The third-order valence-corrected chi connectivity index (χ3v) is 20.2. The number of phosphoric acid groups is 1. The molecule has 0 aromatic heterocycles. The molecule has 94 heavy (non-hydrogen) atoms. The van der Waals surface area contributed by atoms with E-state index in [1.54, 1.807) is 0 Å². The van der Waals surface area contributed by atoms with E-state index >= 15 is 0 Å². The number of quaternary nitrogens is 1. The van der Waals surface area contributed by atoms with Crippen LogP contribution in [0, 0.1) is 0 Å². The Bertz CT molecular complexity index is 1720. The summed E-state index contributed by atoms with van der Waals surface area (Å²) < 4.78 is 23.6. The van der Waals surface area contributed by atoms with Gasteiger partial charge < -0.3 is 28.8 Å². The van der Waals surface area contributed by atoms with Gasteiger partial charge in [-0.25, -0.2) is 0 Å². The summed E-state index contributed by atoms with van der Waals surface area (Å²) in [4.78, 5) is 25.8. The first-order valence-corrected chi connectivity index (χ1v) is 43.1. The maximum Gasteiger partial charge on any atom is 0.268 e. The van der Waals surface area contributed by atoms with Crippen LogP contribution in [-0.4, -0.2) is 68.5 Å². The van der Waals surface area contributed by atoms with Gasteiger partial charge in [0.2, 0.25) is 5.91 Å². The van der Waals surface area contributed by atoms with Crippen LogP contribution in [0.15, 0.2) is 60.8 Å². The molecule has 0 saturated heterocycles. The van der Waals surface area contributed by atoms with Gasteiger partial charge in [-0.15, -0.1) is 0 Å². The SMILES string of the molecule is CC/C=C\C/C=C\C/C=C\C/C=C\C/C=C\CCCCCCCCCCCCCCCCCCCCCCCCCCCC(=O)NC(COP(=O)([O-])OCC[N+](C)(C)C)C(O)CCCCCCCCCCCCCCCCCCCCCCCCCCCCCCCCC. The molecule has 3 unspecified atom stereocenters. The van der Waals surface area contributed by atoms with Crippen molar-refractivity contribution < 1.29 is 32.9 Å². The van der Waals surface area contributed by atoms with Gasteiger partial charge in [0.25, 0.3) is 7.82 Å². The number of likely N-dealkylation sites (N-methyl/N-ethyl adjacent to an activating group) is 1. The van der Waals surface area contributed by atoms with Crippen LogP contribution in [0.25, 0.3) is 0 Å². The van der Waals surface area contributed by atoms with Gasteiger partial charge in [0.05, 0.1) is 39.9 Å². The number of unbranched alkanes of at least 4 members (excludes halogenated alkanes) is 55. The Kier molecular flexibility index (Phi) is 74.0. The van der Waals surface area contributed by atoms with Crippen molar-refractivity contribution in [1.82, 2.24) is 5.32 Å². The van der Waals surface area contributed by atoms with Gasteiger partial charge in [0.1, 0.15) is 13.2 Å². The summed E-state index contributed by atoms with van der Waals surface area (Å²) in [5.74, 6) is -0.155. The fourth-order valence-electron chi connectivity index (χ4n) is 12.9. The zero-order valence-electron chi connectivity index (χ0n) is 63.7. The highest BCUT2D eigenvalue weighted by molar-refractivity contribution is 7.45. The lowest BCUT2D eigenvalue weighted by atomic mass is 10.0. The van der Waals surface area contributed by atoms with Crippen LogP contribution >= 0.6 is 7.82 Å². The maximum atomic E-state index is 13.1. The molecule has 0 fully saturated rings. The molecule has 0 bridgehead atoms. The highest BCUT2D eigenvalue weighted by atomic mass is 31.2. The highest BCUT2D eigenvalue weighted by Gasteiger charge is 2.24. The number of carbonyl (C=O) groups is 1. The summed E-state index contributed by atoms with van der Waals surface area (Å²) in [5, 5.41) is 14.2. The summed E-state index contributed by atoms with van der Waals surface area (Å²) in [7, 11) is 1.33. The molecule has 2 N–H and O–H groups in total. The van der Waals surface area contributed by atoms with Crippen molar-refractivity contribution in [3.05, 3.63) is 60.8 Å². The number of allylic oxidation sites excluding steroid dienone is 10. The number of aliphatic hydroxyl groups is 1. The Morgan fingerprint density at radius 1 is 0.383 bits per heavy atom. The standard InChI is InChI=1S/C85H163N2O6P/c1-6-8-10-12-14-16-18-20-22-24-26-28-30-32-34-36-38-39-40-41-42-43-44-45-46-47-49-51-53-55-57-59-61-63-65-67-69-71-73-75-77-79-85(89)86-83(82-93-94(90,91)92-81-80-87(3,4)5)84(88)78-76-74-72-70-68-66-64-62-60-58-56-54-52-50-48-37-35-33-31-29-27-25-23-21-19-17-15-13-11-9-7-2/h8,10,14,16,20,22,26,28,32,34,83-84,88H,6-7,9,11-13,15,17-19,21,23-25,27,29-31,33,35-82H2,1-5H3,(H-,86,89,90,91)/b10-8-,16-14-,22-20-,28-26-,34-32-. The van der Waals surface area contributed by atoms with E-state index in [-0.39, 0.29) is 19.1 Å². The Morgan fingerprint density at radius 2 is 0.649 bits per heavy atom. The number of rotatable bonds is 78. The molecule has 554 valence electrons. The predicted molar refractivity (Wildman–Crippen MR) is 413 cm³/mol. The molecule has 0 aromatic carbocycles. The number of carbonyl (C=O) groups excluding carboxylic acids is 1. The van der Waals surface area contributed by atoms with Gasteiger partial charge in [-0.2, -0.15) is 0 Å². The topological polar surface area (TPSA) is 108 Å². The average Bonchev–Trinajstić information content (AvgIpc) is 1.77. The van der Waals surface area contributed by atoms with Crippen molar-refractivity contribution in [2.24, 2.45) is 0 Å². The van der Waals surface area contributed by atoms with E-state index in [4.69, 9.17) is 9.05 Å². The molecule has 0 aromatic rings. The van der Waals surface area contributed by atoms with Crippen LogP contribution in [0.3, 0.4) is 0 Å². The van der Waals surface area contributed by atoms with Gasteiger partial charge in [0.15, 0.2) is 0 Å². The van der Waals surface area contributed by atoms with Crippen LogP contribution in [0.2, 0.25) is 0 Å². The van der Waals surface area contributed by atoms with Crippen molar-refractivity contribution in [3.8, 4) is 0 Å². The predicted octanol–water partition coefficient (Wildman–Crippen LogP) is 26.8. The molecular weight excluding hydrogens is 1180 g/mol. The fraction of sp³-hybridized carbons (Fsp3) is 0.871. The first-order chi connectivity index (χ1) is 46.0. The third-order valence-electron chi connectivity index (χ3n) is 19.3.